The van der Waals surface area contributed by atoms with Crippen LogP contribution in [0.2, 0.25) is 5.02 Å². The second-order valence-electron chi connectivity index (χ2n) is 6.22. The molecule has 0 amide bonds. The third kappa shape index (κ3) is 3.12. The monoisotopic (exact) mass is 340 g/mol. The Bertz CT molecular complexity index is 607. The lowest BCUT2D eigenvalue weighted by Gasteiger charge is -2.36. The predicted octanol–water partition coefficient (Wildman–Crippen LogP) is 3.13. The van der Waals surface area contributed by atoms with Crippen molar-refractivity contribution in [2.45, 2.75) is 44.8 Å². The van der Waals surface area contributed by atoms with Crippen LogP contribution < -0.4 is 9.47 Å². The molecule has 0 unspecified atom stereocenters. The number of aliphatic hydroxyl groups excluding tert-OH is 1. The van der Waals surface area contributed by atoms with E-state index in [0.29, 0.717) is 40.2 Å². The maximum atomic E-state index is 11.9. The van der Waals surface area contributed by atoms with Gasteiger partial charge in [-0.2, -0.15) is 0 Å². The largest absolute Gasteiger partial charge is 0.484 e. The average molecular weight is 341 g/mol. The number of carbonyl (C=O) groups excluding carboxylic acids is 1. The van der Waals surface area contributed by atoms with E-state index in [4.69, 9.17) is 25.8 Å². The van der Waals surface area contributed by atoms with Crippen molar-refractivity contribution in [2.75, 3.05) is 13.7 Å². The van der Waals surface area contributed by atoms with Crippen molar-refractivity contribution in [2.24, 2.45) is 5.92 Å². The van der Waals surface area contributed by atoms with Crippen molar-refractivity contribution in [1.82, 2.24) is 0 Å². The van der Waals surface area contributed by atoms with Gasteiger partial charge in [-0.25, -0.2) is 4.79 Å². The van der Waals surface area contributed by atoms with Crippen LogP contribution in [0.25, 0.3) is 0 Å². The van der Waals surface area contributed by atoms with Gasteiger partial charge in [0, 0.05) is 5.56 Å². The lowest BCUT2D eigenvalue weighted by molar-refractivity contribution is 0.0117. The highest BCUT2D eigenvalue weighted by Crippen LogP contribution is 2.44. The fourth-order valence-corrected chi connectivity index (χ4v) is 3.61. The molecule has 5 nitrogen and oxygen atoms in total. The number of ether oxygens (including phenoxy) is 3. The number of halogens is 1. The Kier molecular flexibility index (Phi) is 4.69. The van der Waals surface area contributed by atoms with Crippen LogP contribution in [0, 0.1) is 12.8 Å². The normalized spacial score (nSPS) is 26.7. The molecule has 0 bridgehead atoms. The van der Waals surface area contributed by atoms with Crippen LogP contribution in [0.3, 0.4) is 0 Å². The number of methoxy groups -OCH3 is 1. The molecular formula is C17H21ClO5. The predicted molar refractivity (Wildman–Crippen MR) is 85.4 cm³/mol. The molecule has 1 aromatic rings. The maximum Gasteiger partial charge on any atom is 0.338 e. The Morgan fingerprint density at radius 1 is 1.30 bits per heavy atom. The fourth-order valence-electron chi connectivity index (χ4n) is 3.36. The smallest absolute Gasteiger partial charge is 0.338 e. The Labute approximate surface area is 140 Å². The van der Waals surface area contributed by atoms with Crippen LogP contribution in [0.15, 0.2) is 6.07 Å². The quantitative estimate of drug-likeness (QED) is 0.838. The van der Waals surface area contributed by atoms with Gasteiger partial charge in [0.25, 0.3) is 0 Å². The highest BCUT2D eigenvalue weighted by molar-refractivity contribution is 6.32. The summed E-state index contributed by atoms with van der Waals surface area (Å²) >= 11 is 6.23. The highest BCUT2D eigenvalue weighted by atomic mass is 35.5. The Morgan fingerprint density at radius 3 is 2.65 bits per heavy atom. The molecular weight excluding hydrogens is 320 g/mol. The standard InChI is InChI=1S/C17H21ClO5/c1-9-12(17(20)21-2)7-13(18)16-15(9)23-14(8-22-16)10-3-5-11(19)6-4-10/h7,10-11,14,19H,3-6,8H2,1-2H3/t10?,11?,14-/m1/s1. The number of aliphatic hydroxyl groups is 1. The van der Waals surface area contributed by atoms with Crippen molar-refractivity contribution in [3.05, 3.63) is 22.2 Å². The molecule has 1 aromatic carbocycles. The van der Waals surface area contributed by atoms with Crippen molar-refractivity contribution in [3.8, 4) is 11.5 Å². The summed E-state index contributed by atoms with van der Waals surface area (Å²) in [6, 6.07) is 1.56. The molecule has 23 heavy (non-hydrogen) atoms. The molecule has 1 aliphatic heterocycles. The maximum absolute atomic E-state index is 11.9. The summed E-state index contributed by atoms with van der Waals surface area (Å²) in [5.74, 6) is 0.911. The summed E-state index contributed by atoms with van der Waals surface area (Å²) in [7, 11) is 1.34. The van der Waals surface area contributed by atoms with E-state index in [9.17, 15) is 9.90 Å². The molecule has 126 valence electrons. The van der Waals surface area contributed by atoms with E-state index in [2.05, 4.69) is 0 Å². The van der Waals surface area contributed by atoms with Crippen LogP contribution >= 0.6 is 11.6 Å². The zero-order chi connectivity index (χ0) is 16.6. The van der Waals surface area contributed by atoms with Crippen molar-refractivity contribution < 1.29 is 24.1 Å². The summed E-state index contributed by atoms with van der Waals surface area (Å²) in [5.41, 5.74) is 1.07. The molecule has 0 saturated heterocycles. The van der Waals surface area contributed by atoms with Crippen LogP contribution in [0.5, 0.6) is 11.5 Å². The number of esters is 1. The van der Waals surface area contributed by atoms with E-state index in [1.807, 2.05) is 0 Å². The van der Waals surface area contributed by atoms with E-state index >= 15 is 0 Å². The first-order chi connectivity index (χ1) is 11.0. The fraction of sp³-hybridized carbons (Fsp3) is 0.588. The van der Waals surface area contributed by atoms with Gasteiger partial charge in [0.1, 0.15) is 12.7 Å². The van der Waals surface area contributed by atoms with Gasteiger partial charge < -0.3 is 19.3 Å². The summed E-state index contributed by atoms with van der Waals surface area (Å²) in [5, 5.41) is 10.00. The van der Waals surface area contributed by atoms with Gasteiger partial charge in [0.2, 0.25) is 0 Å². The summed E-state index contributed by atoms with van der Waals surface area (Å²) in [6.45, 7) is 2.24. The Morgan fingerprint density at radius 2 is 2.00 bits per heavy atom. The van der Waals surface area contributed by atoms with E-state index in [1.54, 1.807) is 13.0 Å². The number of benzene rings is 1. The summed E-state index contributed by atoms with van der Waals surface area (Å²) in [4.78, 5) is 11.9. The third-order valence-corrected chi connectivity index (χ3v) is 5.05. The molecule has 2 aliphatic rings. The first-order valence-corrected chi connectivity index (χ1v) is 8.28. The highest BCUT2D eigenvalue weighted by Gasteiger charge is 2.34. The third-order valence-electron chi connectivity index (χ3n) is 4.77. The van der Waals surface area contributed by atoms with Crippen LogP contribution in [-0.2, 0) is 4.74 Å². The van der Waals surface area contributed by atoms with Crippen LogP contribution in [-0.4, -0.2) is 37.0 Å². The molecule has 0 spiro atoms. The molecule has 6 heteroatoms. The molecule has 3 rings (SSSR count). The number of hydrogen-bond donors (Lipinski definition) is 1. The van der Waals surface area contributed by atoms with E-state index in [-0.39, 0.29) is 12.2 Å². The molecule has 1 heterocycles. The van der Waals surface area contributed by atoms with Gasteiger partial charge >= 0.3 is 5.97 Å². The van der Waals surface area contributed by atoms with Gasteiger partial charge in [0.15, 0.2) is 11.5 Å². The topological polar surface area (TPSA) is 65.0 Å². The number of fused-ring (bicyclic) bond motifs is 1. The molecule has 1 saturated carbocycles. The molecule has 1 atom stereocenters. The number of hydrogen-bond acceptors (Lipinski definition) is 5. The minimum absolute atomic E-state index is 0.0855. The number of carbonyl (C=O) groups is 1. The van der Waals surface area contributed by atoms with Crippen molar-refractivity contribution in [3.63, 3.8) is 0 Å². The first-order valence-electron chi connectivity index (χ1n) is 7.90. The molecule has 0 radical (unpaired) electrons. The van der Waals surface area contributed by atoms with Gasteiger partial charge in [-0.3, -0.25) is 0 Å². The van der Waals surface area contributed by atoms with Gasteiger partial charge in [0.05, 0.1) is 23.8 Å². The average Bonchev–Trinajstić information content (AvgIpc) is 2.57. The lowest BCUT2D eigenvalue weighted by atomic mass is 9.83. The van der Waals surface area contributed by atoms with E-state index in [1.165, 1.54) is 7.11 Å². The summed E-state index contributed by atoms with van der Waals surface area (Å²) < 4.78 is 16.8. The van der Waals surface area contributed by atoms with Crippen molar-refractivity contribution in [1.29, 1.82) is 0 Å². The van der Waals surface area contributed by atoms with Crippen molar-refractivity contribution >= 4 is 17.6 Å². The van der Waals surface area contributed by atoms with E-state index in [0.717, 1.165) is 25.7 Å². The minimum atomic E-state index is -0.446. The minimum Gasteiger partial charge on any atom is -0.484 e. The molecule has 1 N–H and O–H groups in total. The molecule has 1 fully saturated rings. The van der Waals surface area contributed by atoms with Gasteiger partial charge in [-0.1, -0.05) is 11.6 Å². The second kappa shape index (κ2) is 6.57. The SMILES string of the molecule is COC(=O)c1cc(Cl)c2c(c1C)O[C@@H](C1CCC(O)CC1)CO2. The first kappa shape index (κ1) is 16.4. The van der Waals surface area contributed by atoms with E-state index < -0.39 is 5.97 Å². The van der Waals surface area contributed by atoms with Gasteiger partial charge in [-0.05, 0) is 44.6 Å². The lowest BCUT2D eigenvalue weighted by Crippen LogP contribution is -2.39. The molecule has 0 aromatic heterocycles. The zero-order valence-electron chi connectivity index (χ0n) is 13.3. The van der Waals surface area contributed by atoms with Crippen LogP contribution in [0.4, 0.5) is 0 Å². The zero-order valence-corrected chi connectivity index (χ0v) is 14.1. The Hall–Kier alpha value is -1.46. The summed E-state index contributed by atoms with van der Waals surface area (Å²) in [6.07, 6.45) is 3.11. The van der Waals surface area contributed by atoms with Crippen LogP contribution in [0.1, 0.15) is 41.6 Å². The number of rotatable bonds is 2. The molecule has 1 aliphatic carbocycles. The Balaban J connectivity index is 1.87. The second-order valence-corrected chi connectivity index (χ2v) is 6.62. The van der Waals surface area contributed by atoms with Gasteiger partial charge in [-0.15, -0.1) is 0 Å².